The van der Waals surface area contributed by atoms with Crippen LogP contribution in [0, 0.1) is 0 Å². The van der Waals surface area contributed by atoms with Gasteiger partial charge in [0, 0.05) is 13.0 Å². The van der Waals surface area contributed by atoms with E-state index in [0.29, 0.717) is 17.8 Å². The standard InChI is InChI=1S/C13H20N2O4S/c1-13(8-16,9-17)15-11(18)5-2-6-14-12(19)10-4-3-7-20-10/h3-4,7,16-17H,2,5-6,8-9H2,1H3,(H,14,19)(H,15,18). The molecule has 0 aliphatic heterocycles. The number of carbonyl (C=O) groups is 2. The van der Waals surface area contributed by atoms with Crippen molar-refractivity contribution in [1.82, 2.24) is 10.6 Å². The van der Waals surface area contributed by atoms with Crippen LogP contribution in [0.3, 0.4) is 0 Å². The van der Waals surface area contributed by atoms with E-state index in [4.69, 9.17) is 10.2 Å². The molecule has 1 aromatic rings. The molecule has 0 saturated carbocycles. The van der Waals surface area contributed by atoms with Crippen LogP contribution in [0.1, 0.15) is 29.4 Å². The third kappa shape index (κ3) is 5.28. The summed E-state index contributed by atoms with van der Waals surface area (Å²) in [6.07, 6.45) is 0.718. The average Bonchev–Trinajstić information content (AvgIpc) is 2.97. The van der Waals surface area contributed by atoms with E-state index in [1.54, 1.807) is 19.1 Å². The van der Waals surface area contributed by atoms with Crippen molar-refractivity contribution < 1.29 is 19.8 Å². The van der Waals surface area contributed by atoms with Crippen LogP contribution in [0.25, 0.3) is 0 Å². The minimum atomic E-state index is -1.00. The first-order chi connectivity index (χ1) is 9.50. The molecule has 0 radical (unpaired) electrons. The van der Waals surface area contributed by atoms with Crippen molar-refractivity contribution >= 4 is 23.2 Å². The third-order valence-corrected chi connectivity index (χ3v) is 3.62. The molecular weight excluding hydrogens is 280 g/mol. The van der Waals surface area contributed by atoms with Crippen LogP contribution in [0.15, 0.2) is 17.5 Å². The number of nitrogens with one attached hydrogen (secondary N) is 2. The molecule has 20 heavy (non-hydrogen) atoms. The number of rotatable bonds is 8. The molecule has 0 aromatic carbocycles. The molecule has 0 fully saturated rings. The van der Waals surface area contributed by atoms with Crippen molar-refractivity contribution in [2.24, 2.45) is 0 Å². The van der Waals surface area contributed by atoms with E-state index >= 15 is 0 Å². The van der Waals surface area contributed by atoms with Crippen LogP contribution in [0.2, 0.25) is 0 Å². The van der Waals surface area contributed by atoms with Crippen LogP contribution in [0.4, 0.5) is 0 Å². The maximum Gasteiger partial charge on any atom is 0.261 e. The van der Waals surface area contributed by atoms with Crippen molar-refractivity contribution in [3.05, 3.63) is 22.4 Å². The molecule has 112 valence electrons. The van der Waals surface area contributed by atoms with E-state index in [1.165, 1.54) is 11.3 Å². The highest BCUT2D eigenvalue weighted by atomic mass is 32.1. The van der Waals surface area contributed by atoms with Gasteiger partial charge in [0.1, 0.15) is 0 Å². The first-order valence-electron chi connectivity index (χ1n) is 6.35. The molecule has 1 heterocycles. The molecule has 0 unspecified atom stereocenters. The minimum absolute atomic E-state index is 0.143. The zero-order valence-electron chi connectivity index (χ0n) is 11.4. The predicted molar refractivity (Wildman–Crippen MR) is 76.6 cm³/mol. The van der Waals surface area contributed by atoms with E-state index in [2.05, 4.69) is 10.6 Å². The SMILES string of the molecule is CC(CO)(CO)NC(=O)CCCNC(=O)c1cccs1. The van der Waals surface area contributed by atoms with E-state index in [-0.39, 0.29) is 31.4 Å². The maximum atomic E-state index is 11.6. The molecule has 6 nitrogen and oxygen atoms in total. The summed E-state index contributed by atoms with van der Waals surface area (Å²) in [4.78, 5) is 23.9. The fraction of sp³-hybridized carbons (Fsp3) is 0.538. The van der Waals surface area contributed by atoms with Crippen LogP contribution >= 0.6 is 11.3 Å². The zero-order valence-corrected chi connectivity index (χ0v) is 12.2. The van der Waals surface area contributed by atoms with E-state index in [9.17, 15) is 9.59 Å². The Balaban J connectivity index is 2.21. The smallest absolute Gasteiger partial charge is 0.261 e. The minimum Gasteiger partial charge on any atom is -0.394 e. The fourth-order valence-electron chi connectivity index (χ4n) is 1.47. The molecule has 0 bridgehead atoms. The van der Waals surface area contributed by atoms with Crippen LogP contribution < -0.4 is 10.6 Å². The summed E-state index contributed by atoms with van der Waals surface area (Å²) >= 11 is 1.36. The number of aliphatic hydroxyl groups is 2. The van der Waals surface area contributed by atoms with Gasteiger partial charge in [-0.05, 0) is 24.8 Å². The third-order valence-electron chi connectivity index (χ3n) is 2.75. The number of carbonyl (C=O) groups excluding carboxylic acids is 2. The quantitative estimate of drug-likeness (QED) is 0.512. The number of hydrogen-bond acceptors (Lipinski definition) is 5. The van der Waals surface area contributed by atoms with Gasteiger partial charge in [-0.3, -0.25) is 9.59 Å². The lowest BCUT2D eigenvalue weighted by Crippen LogP contribution is -2.51. The van der Waals surface area contributed by atoms with Crippen molar-refractivity contribution in [2.45, 2.75) is 25.3 Å². The van der Waals surface area contributed by atoms with Gasteiger partial charge in [0.15, 0.2) is 0 Å². The highest BCUT2D eigenvalue weighted by molar-refractivity contribution is 7.12. The number of hydrogen-bond donors (Lipinski definition) is 4. The summed E-state index contributed by atoms with van der Waals surface area (Å²) in [6.45, 7) is 1.30. The monoisotopic (exact) mass is 300 g/mol. The van der Waals surface area contributed by atoms with E-state index in [0.717, 1.165) is 0 Å². The molecule has 0 spiro atoms. The highest BCUT2D eigenvalue weighted by Gasteiger charge is 2.24. The van der Waals surface area contributed by atoms with Crippen molar-refractivity contribution in [3.63, 3.8) is 0 Å². The molecule has 1 aromatic heterocycles. The molecular formula is C13H20N2O4S. The lowest BCUT2D eigenvalue weighted by Gasteiger charge is -2.26. The Labute approximate surface area is 121 Å². The Kier molecular flexibility index (Phi) is 6.63. The largest absolute Gasteiger partial charge is 0.394 e. The van der Waals surface area contributed by atoms with Gasteiger partial charge in [-0.1, -0.05) is 6.07 Å². The Morgan fingerprint density at radius 3 is 2.60 bits per heavy atom. The van der Waals surface area contributed by atoms with Crippen LogP contribution in [0.5, 0.6) is 0 Å². The predicted octanol–water partition coefficient (Wildman–Crippen LogP) is 0.118. The summed E-state index contributed by atoms with van der Waals surface area (Å²) in [5.74, 6) is -0.406. The molecule has 0 aliphatic carbocycles. The van der Waals surface area contributed by atoms with Gasteiger partial charge in [0.25, 0.3) is 5.91 Å². The number of thiophene rings is 1. The second kappa shape index (κ2) is 7.98. The van der Waals surface area contributed by atoms with Gasteiger partial charge in [-0.25, -0.2) is 0 Å². The van der Waals surface area contributed by atoms with Gasteiger partial charge in [0.05, 0.1) is 23.6 Å². The van der Waals surface area contributed by atoms with Crippen LogP contribution in [-0.2, 0) is 4.79 Å². The van der Waals surface area contributed by atoms with Gasteiger partial charge in [-0.2, -0.15) is 0 Å². The Morgan fingerprint density at radius 1 is 1.35 bits per heavy atom. The molecule has 0 saturated heterocycles. The van der Waals surface area contributed by atoms with Gasteiger partial charge in [0.2, 0.25) is 5.91 Å². The molecule has 7 heteroatoms. The first-order valence-corrected chi connectivity index (χ1v) is 7.23. The molecule has 2 amide bonds. The van der Waals surface area contributed by atoms with E-state index in [1.807, 2.05) is 5.38 Å². The molecule has 0 aliphatic rings. The summed E-state index contributed by atoms with van der Waals surface area (Å²) in [5, 5.41) is 25.2. The Hall–Kier alpha value is -1.44. The lowest BCUT2D eigenvalue weighted by atomic mass is 10.1. The average molecular weight is 300 g/mol. The van der Waals surface area contributed by atoms with Gasteiger partial charge in [-0.15, -0.1) is 11.3 Å². The lowest BCUT2D eigenvalue weighted by molar-refractivity contribution is -0.124. The summed E-state index contributed by atoms with van der Waals surface area (Å²) in [5.41, 5.74) is -1.00. The van der Waals surface area contributed by atoms with E-state index < -0.39 is 5.54 Å². The molecule has 1 rings (SSSR count). The summed E-state index contributed by atoms with van der Waals surface area (Å²) < 4.78 is 0. The Bertz CT molecular complexity index is 430. The maximum absolute atomic E-state index is 11.6. The normalized spacial score (nSPS) is 11.2. The molecule has 0 atom stereocenters. The zero-order chi connectivity index (χ0) is 15.0. The first kappa shape index (κ1) is 16.6. The number of amides is 2. The Morgan fingerprint density at radius 2 is 2.05 bits per heavy atom. The number of aliphatic hydroxyl groups excluding tert-OH is 2. The van der Waals surface area contributed by atoms with Crippen molar-refractivity contribution in [1.29, 1.82) is 0 Å². The van der Waals surface area contributed by atoms with Crippen molar-refractivity contribution in [2.75, 3.05) is 19.8 Å². The second-order valence-electron chi connectivity index (χ2n) is 4.76. The fourth-order valence-corrected chi connectivity index (χ4v) is 2.11. The second-order valence-corrected chi connectivity index (χ2v) is 5.71. The highest BCUT2D eigenvalue weighted by Crippen LogP contribution is 2.07. The van der Waals surface area contributed by atoms with Crippen LogP contribution in [-0.4, -0.2) is 47.3 Å². The summed E-state index contributed by atoms with van der Waals surface area (Å²) in [7, 11) is 0. The summed E-state index contributed by atoms with van der Waals surface area (Å²) in [6, 6.07) is 3.54. The van der Waals surface area contributed by atoms with Crippen molar-refractivity contribution in [3.8, 4) is 0 Å². The van der Waals surface area contributed by atoms with Gasteiger partial charge < -0.3 is 20.8 Å². The van der Waals surface area contributed by atoms with Gasteiger partial charge >= 0.3 is 0 Å². The topological polar surface area (TPSA) is 98.7 Å². The molecule has 4 N–H and O–H groups in total.